The molecular formula is C13H8F3N5O. The Morgan fingerprint density at radius 2 is 1.95 bits per heavy atom. The summed E-state index contributed by atoms with van der Waals surface area (Å²) in [6.07, 6.45) is -2.16. The van der Waals surface area contributed by atoms with Gasteiger partial charge in [0.25, 0.3) is 5.91 Å². The number of amides is 1. The molecule has 6 nitrogen and oxygen atoms in total. The molecule has 0 fully saturated rings. The van der Waals surface area contributed by atoms with Crippen molar-refractivity contribution in [3.05, 3.63) is 54.0 Å². The Morgan fingerprint density at radius 3 is 2.73 bits per heavy atom. The fourth-order valence-electron chi connectivity index (χ4n) is 1.91. The number of rotatable bonds is 2. The lowest BCUT2D eigenvalue weighted by Gasteiger charge is -2.10. The molecule has 3 aromatic heterocycles. The smallest absolute Gasteiger partial charge is 0.290 e. The number of pyridine rings is 2. The molecule has 3 heterocycles. The second-order valence-corrected chi connectivity index (χ2v) is 4.30. The standard InChI is InChI=1S/C13H8F3N5O/c14-13(15,16)10-8(4-3-6-17-10)11(22)18-12-20-19-9-5-1-2-7-21(9)12/h1-7H,(H,18,20,22). The van der Waals surface area contributed by atoms with Gasteiger partial charge in [-0.1, -0.05) is 6.07 Å². The molecule has 1 amide bonds. The number of fused-ring (bicyclic) bond motifs is 1. The summed E-state index contributed by atoms with van der Waals surface area (Å²) in [5.41, 5.74) is -1.37. The number of halogens is 3. The average Bonchev–Trinajstić information content (AvgIpc) is 2.90. The first-order chi connectivity index (χ1) is 10.5. The van der Waals surface area contributed by atoms with E-state index in [1.54, 1.807) is 24.4 Å². The summed E-state index contributed by atoms with van der Waals surface area (Å²) in [6.45, 7) is 0. The number of nitrogens with zero attached hydrogens (tertiary/aromatic N) is 4. The zero-order valence-electron chi connectivity index (χ0n) is 10.9. The van der Waals surface area contributed by atoms with Crippen molar-refractivity contribution < 1.29 is 18.0 Å². The number of carbonyl (C=O) groups excluding carboxylic acids is 1. The second-order valence-electron chi connectivity index (χ2n) is 4.30. The molecule has 1 N–H and O–H groups in total. The van der Waals surface area contributed by atoms with Gasteiger partial charge in [-0.15, -0.1) is 10.2 Å². The lowest BCUT2D eigenvalue weighted by molar-refractivity contribution is -0.141. The molecule has 0 saturated carbocycles. The fourth-order valence-corrected chi connectivity index (χ4v) is 1.91. The Labute approximate surface area is 121 Å². The topological polar surface area (TPSA) is 72.2 Å². The van der Waals surface area contributed by atoms with E-state index in [1.807, 2.05) is 0 Å². The summed E-state index contributed by atoms with van der Waals surface area (Å²) in [7, 11) is 0. The van der Waals surface area contributed by atoms with Crippen LogP contribution in [0.4, 0.5) is 19.1 Å². The number of alkyl halides is 3. The number of hydrogen-bond donors (Lipinski definition) is 1. The van der Waals surface area contributed by atoms with Crippen molar-refractivity contribution in [1.29, 1.82) is 0 Å². The van der Waals surface area contributed by atoms with Crippen LogP contribution in [0.3, 0.4) is 0 Å². The minimum Gasteiger partial charge on any atom is -0.290 e. The van der Waals surface area contributed by atoms with Gasteiger partial charge in [-0.25, -0.2) is 0 Å². The highest BCUT2D eigenvalue weighted by Gasteiger charge is 2.37. The fraction of sp³-hybridized carbons (Fsp3) is 0.0769. The molecule has 9 heteroatoms. The Bertz CT molecular complexity index is 843. The number of nitrogens with one attached hydrogen (secondary N) is 1. The van der Waals surface area contributed by atoms with E-state index in [0.717, 1.165) is 12.3 Å². The Hall–Kier alpha value is -2.97. The Morgan fingerprint density at radius 1 is 1.14 bits per heavy atom. The summed E-state index contributed by atoms with van der Waals surface area (Å²) in [5.74, 6) is -0.934. The van der Waals surface area contributed by atoms with E-state index in [9.17, 15) is 18.0 Å². The molecule has 0 atom stereocenters. The van der Waals surface area contributed by atoms with Gasteiger partial charge in [0.1, 0.15) is 0 Å². The minimum atomic E-state index is -4.72. The van der Waals surface area contributed by atoms with Crippen molar-refractivity contribution in [2.24, 2.45) is 0 Å². The molecule has 0 aliphatic heterocycles. The van der Waals surface area contributed by atoms with Crippen LogP contribution in [0.1, 0.15) is 16.1 Å². The third-order valence-electron chi connectivity index (χ3n) is 2.86. The number of carbonyl (C=O) groups is 1. The van der Waals surface area contributed by atoms with Crippen molar-refractivity contribution in [2.45, 2.75) is 6.18 Å². The number of aromatic nitrogens is 4. The van der Waals surface area contributed by atoms with Crippen LogP contribution in [0.15, 0.2) is 42.7 Å². The highest BCUT2D eigenvalue weighted by Crippen LogP contribution is 2.30. The van der Waals surface area contributed by atoms with Gasteiger partial charge in [0, 0.05) is 12.4 Å². The number of anilines is 1. The molecule has 0 saturated heterocycles. The molecule has 3 aromatic rings. The lowest BCUT2D eigenvalue weighted by Crippen LogP contribution is -2.21. The van der Waals surface area contributed by atoms with Crippen molar-refractivity contribution in [2.75, 3.05) is 5.32 Å². The van der Waals surface area contributed by atoms with E-state index in [0.29, 0.717) is 5.65 Å². The van der Waals surface area contributed by atoms with Gasteiger partial charge < -0.3 is 0 Å². The maximum atomic E-state index is 12.9. The van der Waals surface area contributed by atoms with E-state index in [2.05, 4.69) is 20.5 Å². The molecule has 0 aliphatic rings. The van der Waals surface area contributed by atoms with Crippen LogP contribution in [0.25, 0.3) is 5.65 Å². The van der Waals surface area contributed by atoms with Gasteiger partial charge in [-0.2, -0.15) is 13.2 Å². The highest BCUT2D eigenvalue weighted by molar-refractivity contribution is 6.04. The van der Waals surface area contributed by atoms with Gasteiger partial charge in [0.2, 0.25) is 5.95 Å². The van der Waals surface area contributed by atoms with Crippen LogP contribution in [0.2, 0.25) is 0 Å². The molecule has 0 spiro atoms. The van der Waals surface area contributed by atoms with E-state index in [4.69, 9.17) is 0 Å². The van der Waals surface area contributed by atoms with Crippen LogP contribution in [0.5, 0.6) is 0 Å². The van der Waals surface area contributed by atoms with Crippen LogP contribution < -0.4 is 5.32 Å². The van der Waals surface area contributed by atoms with Crippen molar-refractivity contribution >= 4 is 17.5 Å². The maximum Gasteiger partial charge on any atom is 0.434 e. The summed E-state index contributed by atoms with van der Waals surface area (Å²) < 4.78 is 40.0. The normalized spacial score (nSPS) is 11.6. The van der Waals surface area contributed by atoms with Crippen LogP contribution in [-0.4, -0.2) is 25.5 Å². The molecule has 3 rings (SSSR count). The minimum absolute atomic E-state index is 0.0255. The lowest BCUT2D eigenvalue weighted by atomic mass is 10.1. The van der Waals surface area contributed by atoms with Gasteiger partial charge in [0.05, 0.1) is 5.56 Å². The first-order valence-electron chi connectivity index (χ1n) is 6.10. The maximum absolute atomic E-state index is 12.9. The third kappa shape index (κ3) is 2.48. The highest BCUT2D eigenvalue weighted by atomic mass is 19.4. The molecule has 0 aliphatic carbocycles. The third-order valence-corrected chi connectivity index (χ3v) is 2.86. The molecule has 112 valence electrons. The Balaban J connectivity index is 1.96. The first-order valence-corrected chi connectivity index (χ1v) is 6.10. The summed E-state index contributed by atoms with van der Waals surface area (Å²) in [4.78, 5) is 15.3. The van der Waals surface area contributed by atoms with Crippen LogP contribution >= 0.6 is 0 Å². The zero-order chi connectivity index (χ0) is 15.7. The molecule has 0 bridgehead atoms. The predicted molar refractivity (Wildman–Crippen MR) is 70.2 cm³/mol. The monoisotopic (exact) mass is 307 g/mol. The van der Waals surface area contributed by atoms with E-state index >= 15 is 0 Å². The molecular weight excluding hydrogens is 299 g/mol. The van der Waals surface area contributed by atoms with Gasteiger partial charge in [-0.05, 0) is 24.3 Å². The van der Waals surface area contributed by atoms with Crippen LogP contribution in [0, 0.1) is 0 Å². The van der Waals surface area contributed by atoms with Crippen LogP contribution in [-0.2, 0) is 6.18 Å². The summed E-state index contributed by atoms with van der Waals surface area (Å²) in [5, 5.41) is 9.83. The summed E-state index contributed by atoms with van der Waals surface area (Å²) >= 11 is 0. The Kier molecular flexibility index (Phi) is 3.24. The van der Waals surface area contributed by atoms with Gasteiger partial charge in [0.15, 0.2) is 11.3 Å². The molecule has 0 aromatic carbocycles. The largest absolute Gasteiger partial charge is 0.434 e. The van der Waals surface area contributed by atoms with E-state index in [1.165, 1.54) is 10.5 Å². The zero-order valence-corrected chi connectivity index (χ0v) is 10.9. The molecule has 22 heavy (non-hydrogen) atoms. The van der Waals surface area contributed by atoms with Gasteiger partial charge in [-0.3, -0.25) is 19.5 Å². The quantitative estimate of drug-likeness (QED) is 0.789. The van der Waals surface area contributed by atoms with Gasteiger partial charge >= 0.3 is 6.18 Å². The summed E-state index contributed by atoms with van der Waals surface area (Å²) in [6, 6.07) is 7.35. The van der Waals surface area contributed by atoms with E-state index in [-0.39, 0.29) is 5.95 Å². The van der Waals surface area contributed by atoms with E-state index < -0.39 is 23.3 Å². The SMILES string of the molecule is O=C(Nc1nnc2ccccn12)c1cccnc1C(F)(F)F. The first kappa shape index (κ1) is 14.0. The van der Waals surface area contributed by atoms with Crippen molar-refractivity contribution in [3.63, 3.8) is 0 Å². The molecule has 0 unspecified atom stereocenters. The predicted octanol–water partition coefficient (Wildman–Crippen LogP) is 2.40. The number of hydrogen-bond acceptors (Lipinski definition) is 4. The molecule has 0 radical (unpaired) electrons. The second kappa shape index (κ2) is 5.10. The van der Waals surface area contributed by atoms with Crippen molar-refractivity contribution in [1.82, 2.24) is 19.6 Å². The average molecular weight is 307 g/mol. The van der Waals surface area contributed by atoms with Crippen molar-refractivity contribution in [3.8, 4) is 0 Å².